The second-order valence-electron chi connectivity index (χ2n) is 8.00. The Bertz CT molecular complexity index is 813. The summed E-state index contributed by atoms with van der Waals surface area (Å²) in [6.07, 6.45) is -14.4. The first-order valence-corrected chi connectivity index (χ1v) is 10.00. The molecule has 2 unspecified atom stereocenters. The predicted octanol–water partition coefficient (Wildman–Crippen LogP) is 3.75. The highest BCUT2D eigenvalue weighted by Gasteiger charge is 2.58. The molecule has 0 aromatic heterocycles. The van der Waals surface area contributed by atoms with Crippen LogP contribution in [0.4, 0.5) is 35.1 Å². The third-order valence-corrected chi connectivity index (χ3v) is 5.04. The number of aliphatic hydroxyl groups excluding tert-OH is 1. The standard InChI is InChI=1S/C20H24F8N2O3/c1-11(2)33-14-6-7-30(16(14)17(32)29-9-15(31)19(23,24)25)10-12-4-3-5-13(8-12)18(21,22)20(26,27)28/h3-5,8,11,14-16,31H,6-7,9-10H2,1-2H3,(H,29,32)/t14?,15?,16-/m0/s1. The van der Waals surface area contributed by atoms with Crippen LogP contribution in [0.3, 0.4) is 0 Å². The fraction of sp³-hybridized carbons (Fsp3) is 0.650. The van der Waals surface area contributed by atoms with Gasteiger partial charge in [-0.05, 0) is 31.9 Å². The Morgan fingerprint density at radius 1 is 1.18 bits per heavy atom. The van der Waals surface area contributed by atoms with E-state index >= 15 is 0 Å². The van der Waals surface area contributed by atoms with Gasteiger partial charge in [-0.25, -0.2) is 0 Å². The van der Waals surface area contributed by atoms with Gasteiger partial charge < -0.3 is 15.2 Å². The lowest BCUT2D eigenvalue weighted by Gasteiger charge is -2.29. The van der Waals surface area contributed by atoms with E-state index in [1.165, 1.54) is 11.0 Å². The molecule has 1 aliphatic heterocycles. The second kappa shape index (κ2) is 10.1. The molecule has 1 saturated heterocycles. The summed E-state index contributed by atoms with van der Waals surface area (Å²) in [6.45, 7) is 2.20. The average molecular weight is 492 g/mol. The Hall–Kier alpha value is -1.99. The number of amides is 1. The van der Waals surface area contributed by atoms with E-state index in [0.717, 1.165) is 6.07 Å². The maximum atomic E-state index is 13.7. The van der Waals surface area contributed by atoms with Crippen molar-refractivity contribution in [1.29, 1.82) is 0 Å². The van der Waals surface area contributed by atoms with Crippen LogP contribution in [0.25, 0.3) is 0 Å². The molecule has 1 aromatic rings. The van der Waals surface area contributed by atoms with Crippen molar-refractivity contribution in [1.82, 2.24) is 10.2 Å². The number of rotatable bonds is 8. The summed E-state index contributed by atoms with van der Waals surface area (Å²) in [5.41, 5.74) is -1.22. The maximum Gasteiger partial charge on any atom is 0.458 e. The molecular formula is C20H24F8N2O3. The summed E-state index contributed by atoms with van der Waals surface area (Å²) in [4.78, 5) is 14.1. The van der Waals surface area contributed by atoms with Crippen molar-refractivity contribution < 1.29 is 49.8 Å². The van der Waals surface area contributed by atoms with Gasteiger partial charge in [0.15, 0.2) is 6.10 Å². The molecule has 5 nitrogen and oxygen atoms in total. The number of benzene rings is 1. The molecule has 3 atom stereocenters. The van der Waals surface area contributed by atoms with Crippen LogP contribution in [0.2, 0.25) is 0 Å². The zero-order chi connectivity index (χ0) is 25.2. The minimum absolute atomic E-state index is 0.0507. The van der Waals surface area contributed by atoms with Crippen LogP contribution in [-0.4, -0.2) is 65.7 Å². The van der Waals surface area contributed by atoms with Gasteiger partial charge in [-0.1, -0.05) is 18.2 Å². The second-order valence-corrected chi connectivity index (χ2v) is 8.00. The molecule has 2 rings (SSSR count). The molecule has 0 saturated carbocycles. The Kier molecular flexibility index (Phi) is 8.34. The highest BCUT2D eigenvalue weighted by atomic mass is 19.4. The summed E-state index contributed by atoms with van der Waals surface area (Å²) in [5.74, 6) is -5.97. The number of hydrogen-bond acceptors (Lipinski definition) is 4. The first-order chi connectivity index (χ1) is 15.0. The van der Waals surface area contributed by atoms with Crippen molar-refractivity contribution in [3.8, 4) is 0 Å². The lowest BCUT2D eigenvalue weighted by molar-refractivity contribution is -0.289. The molecule has 0 bridgehead atoms. The summed E-state index contributed by atoms with van der Waals surface area (Å²) >= 11 is 0. The third kappa shape index (κ3) is 6.76. The zero-order valence-corrected chi connectivity index (χ0v) is 17.7. The quantitative estimate of drug-likeness (QED) is 0.543. The van der Waals surface area contributed by atoms with E-state index in [2.05, 4.69) is 0 Å². The number of nitrogens with zero attached hydrogens (tertiary/aromatic N) is 1. The highest BCUT2D eigenvalue weighted by molar-refractivity contribution is 5.82. The minimum atomic E-state index is -5.79. The van der Waals surface area contributed by atoms with Crippen LogP contribution in [0.15, 0.2) is 24.3 Å². The van der Waals surface area contributed by atoms with Crippen molar-refractivity contribution in [3.63, 3.8) is 0 Å². The fourth-order valence-corrected chi connectivity index (χ4v) is 3.51. The molecule has 188 valence electrons. The molecule has 0 radical (unpaired) electrons. The van der Waals surface area contributed by atoms with Gasteiger partial charge in [0.1, 0.15) is 6.04 Å². The molecule has 1 aliphatic rings. The smallest absolute Gasteiger partial charge is 0.382 e. The van der Waals surface area contributed by atoms with Gasteiger partial charge in [-0.3, -0.25) is 9.69 Å². The predicted molar refractivity (Wildman–Crippen MR) is 100 cm³/mol. The molecular weight excluding hydrogens is 468 g/mol. The van der Waals surface area contributed by atoms with Gasteiger partial charge in [0.25, 0.3) is 0 Å². The lowest BCUT2D eigenvalue weighted by Crippen LogP contribution is -2.51. The van der Waals surface area contributed by atoms with Crippen molar-refractivity contribution in [2.75, 3.05) is 13.1 Å². The molecule has 0 aliphatic carbocycles. The van der Waals surface area contributed by atoms with E-state index < -0.39 is 54.5 Å². The van der Waals surface area contributed by atoms with Crippen LogP contribution in [0.1, 0.15) is 31.4 Å². The number of ether oxygens (including phenoxy) is 1. The molecule has 2 N–H and O–H groups in total. The average Bonchev–Trinajstić information content (AvgIpc) is 3.05. The van der Waals surface area contributed by atoms with Gasteiger partial charge >= 0.3 is 18.3 Å². The number of halogens is 8. The Balaban J connectivity index is 2.22. The summed E-state index contributed by atoms with van der Waals surface area (Å²) in [5, 5.41) is 11.1. The molecule has 1 heterocycles. The number of nitrogens with one attached hydrogen (secondary N) is 1. The molecule has 1 aromatic carbocycles. The maximum absolute atomic E-state index is 13.7. The van der Waals surface area contributed by atoms with Crippen molar-refractivity contribution in [2.24, 2.45) is 0 Å². The monoisotopic (exact) mass is 492 g/mol. The number of carbonyl (C=O) groups is 1. The van der Waals surface area contributed by atoms with Crippen LogP contribution in [0.5, 0.6) is 0 Å². The Labute approximate surface area is 184 Å². The molecule has 1 amide bonds. The fourth-order valence-electron chi connectivity index (χ4n) is 3.51. The van der Waals surface area contributed by atoms with E-state index in [0.29, 0.717) is 12.1 Å². The number of likely N-dealkylation sites (tertiary alicyclic amines) is 1. The zero-order valence-electron chi connectivity index (χ0n) is 17.7. The molecule has 1 fully saturated rings. The topological polar surface area (TPSA) is 61.8 Å². The highest BCUT2D eigenvalue weighted by Crippen LogP contribution is 2.44. The number of carbonyl (C=O) groups excluding carboxylic acids is 1. The largest absolute Gasteiger partial charge is 0.458 e. The Morgan fingerprint density at radius 3 is 2.36 bits per heavy atom. The van der Waals surface area contributed by atoms with E-state index in [-0.39, 0.29) is 31.2 Å². The first kappa shape index (κ1) is 27.3. The Morgan fingerprint density at radius 2 is 1.82 bits per heavy atom. The third-order valence-electron chi connectivity index (χ3n) is 5.04. The molecule has 33 heavy (non-hydrogen) atoms. The van der Waals surface area contributed by atoms with E-state index in [1.54, 1.807) is 13.8 Å². The summed E-state index contributed by atoms with van der Waals surface area (Å²) in [7, 11) is 0. The van der Waals surface area contributed by atoms with Gasteiger partial charge in [0.05, 0.1) is 18.8 Å². The van der Waals surface area contributed by atoms with Gasteiger partial charge in [-0.2, -0.15) is 35.1 Å². The SMILES string of the molecule is CC(C)OC1CCN(Cc2cccc(C(F)(F)C(F)(F)F)c2)[C@@H]1C(=O)NCC(O)C(F)(F)F. The lowest BCUT2D eigenvalue weighted by atomic mass is 10.0. The van der Waals surface area contributed by atoms with Crippen molar-refractivity contribution >= 4 is 5.91 Å². The van der Waals surface area contributed by atoms with Gasteiger partial charge in [0, 0.05) is 18.7 Å². The first-order valence-electron chi connectivity index (χ1n) is 10.00. The summed E-state index contributed by atoms with van der Waals surface area (Å²) in [6, 6.07) is 2.49. The van der Waals surface area contributed by atoms with E-state index in [9.17, 15) is 39.9 Å². The molecule has 13 heteroatoms. The van der Waals surface area contributed by atoms with Crippen LogP contribution in [-0.2, 0) is 22.0 Å². The number of aliphatic hydroxyl groups is 1. The normalized spacial score (nSPS) is 21.5. The summed E-state index contributed by atoms with van der Waals surface area (Å²) < 4.78 is 109. The number of alkyl halides is 8. The van der Waals surface area contributed by atoms with Crippen LogP contribution in [0, 0.1) is 0 Å². The van der Waals surface area contributed by atoms with Crippen LogP contribution < -0.4 is 5.32 Å². The van der Waals surface area contributed by atoms with Crippen molar-refractivity contribution in [2.45, 2.75) is 69.4 Å². The minimum Gasteiger partial charge on any atom is -0.382 e. The molecule has 0 spiro atoms. The van der Waals surface area contributed by atoms with Gasteiger partial charge in [-0.15, -0.1) is 0 Å². The van der Waals surface area contributed by atoms with Crippen molar-refractivity contribution in [3.05, 3.63) is 35.4 Å². The van der Waals surface area contributed by atoms with E-state index in [4.69, 9.17) is 9.84 Å². The number of hydrogen-bond donors (Lipinski definition) is 2. The van der Waals surface area contributed by atoms with Crippen LogP contribution >= 0.6 is 0 Å². The van der Waals surface area contributed by atoms with E-state index in [1.807, 2.05) is 5.32 Å². The van der Waals surface area contributed by atoms with Gasteiger partial charge in [0.2, 0.25) is 5.91 Å².